The van der Waals surface area contributed by atoms with Gasteiger partial charge in [-0.05, 0) is 32.4 Å². The van der Waals surface area contributed by atoms with Crippen molar-refractivity contribution in [3.63, 3.8) is 0 Å². The van der Waals surface area contributed by atoms with Crippen molar-refractivity contribution in [2.24, 2.45) is 5.73 Å². The van der Waals surface area contributed by atoms with Gasteiger partial charge in [0.05, 0.1) is 17.9 Å². The molecule has 1 aromatic heterocycles. The second-order valence-corrected chi connectivity index (χ2v) is 4.71. The topological polar surface area (TPSA) is 64.3 Å². The van der Waals surface area contributed by atoms with E-state index in [-0.39, 0.29) is 12.2 Å². The smallest absolute Gasteiger partial charge is 0.154 e. The van der Waals surface area contributed by atoms with Crippen molar-refractivity contribution in [3.8, 4) is 0 Å². The van der Waals surface area contributed by atoms with Gasteiger partial charge in [-0.3, -0.25) is 0 Å². The van der Waals surface area contributed by atoms with Crippen LogP contribution in [-0.4, -0.2) is 35.5 Å². The fourth-order valence-corrected chi connectivity index (χ4v) is 2.30. The quantitative estimate of drug-likeness (QED) is 0.825. The molecule has 2 rings (SSSR count). The third-order valence-corrected chi connectivity index (χ3v) is 2.94. The number of nitrogens with two attached hydrogens (primary N) is 1. The van der Waals surface area contributed by atoms with Crippen LogP contribution in [0.25, 0.3) is 0 Å². The molecule has 0 aromatic carbocycles. The fourth-order valence-electron chi connectivity index (χ4n) is 2.30. The van der Waals surface area contributed by atoms with Gasteiger partial charge in [0.15, 0.2) is 5.82 Å². The number of nitrogens with zero attached hydrogens (tertiary/aromatic N) is 3. The molecule has 2 unspecified atom stereocenters. The summed E-state index contributed by atoms with van der Waals surface area (Å²) in [5, 5.41) is 8.41. The van der Waals surface area contributed by atoms with Crippen LogP contribution in [0.4, 0.5) is 5.82 Å². The van der Waals surface area contributed by atoms with Crippen molar-refractivity contribution < 1.29 is 4.74 Å². The van der Waals surface area contributed by atoms with E-state index in [1.807, 2.05) is 13.0 Å². The Bertz CT molecular complexity index is 386. The van der Waals surface area contributed by atoms with Gasteiger partial charge in [-0.25, -0.2) is 0 Å². The lowest BCUT2D eigenvalue weighted by atomic mass is 10.2. The highest BCUT2D eigenvalue weighted by Crippen LogP contribution is 2.21. The Kier molecular flexibility index (Phi) is 3.59. The minimum absolute atomic E-state index is 0.231. The van der Waals surface area contributed by atoms with Crippen LogP contribution >= 0.6 is 0 Å². The van der Waals surface area contributed by atoms with E-state index in [2.05, 4.69) is 28.9 Å². The van der Waals surface area contributed by atoms with E-state index in [1.165, 1.54) is 0 Å². The first-order valence-corrected chi connectivity index (χ1v) is 6.04. The zero-order valence-corrected chi connectivity index (χ0v) is 10.7. The maximum absolute atomic E-state index is 5.71. The molecular weight excluding hydrogens is 216 g/mol. The normalized spacial score (nSPS) is 25.1. The third-order valence-electron chi connectivity index (χ3n) is 2.94. The molecule has 5 nitrogen and oxygen atoms in total. The molecule has 1 aliphatic rings. The molecule has 0 bridgehead atoms. The minimum atomic E-state index is 0.231. The van der Waals surface area contributed by atoms with Gasteiger partial charge in [0.25, 0.3) is 0 Å². The first-order chi connectivity index (χ1) is 8.10. The molecule has 0 aliphatic carbocycles. The Morgan fingerprint density at radius 1 is 1.35 bits per heavy atom. The largest absolute Gasteiger partial charge is 0.372 e. The Labute approximate surface area is 102 Å². The van der Waals surface area contributed by atoms with Gasteiger partial charge >= 0.3 is 0 Å². The molecule has 1 aromatic rings. The molecule has 1 fully saturated rings. The predicted octanol–water partition coefficient (Wildman–Crippen LogP) is 0.857. The first-order valence-electron chi connectivity index (χ1n) is 6.04. The predicted molar refractivity (Wildman–Crippen MR) is 66.9 cm³/mol. The van der Waals surface area contributed by atoms with Crippen LogP contribution < -0.4 is 10.6 Å². The third kappa shape index (κ3) is 2.73. The summed E-state index contributed by atoms with van der Waals surface area (Å²) >= 11 is 0. The highest BCUT2D eigenvalue weighted by Gasteiger charge is 2.24. The van der Waals surface area contributed by atoms with Crippen LogP contribution in [0, 0.1) is 6.92 Å². The molecule has 17 heavy (non-hydrogen) atoms. The Balaban J connectivity index is 2.21. The molecule has 1 saturated heterocycles. The van der Waals surface area contributed by atoms with Gasteiger partial charge in [-0.2, -0.15) is 5.10 Å². The van der Waals surface area contributed by atoms with E-state index in [0.29, 0.717) is 6.54 Å². The van der Waals surface area contributed by atoms with Gasteiger partial charge in [-0.1, -0.05) is 0 Å². The number of rotatable bonds is 2. The van der Waals surface area contributed by atoms with Crippen molar-refractivity contribution >= 4 is 5.82 Å². The van der Waals surface area contributed by atoms with E-state index >= 15 is 0 Å². The van der Waals surface area contributed by atoms with Crippen LogP contribution in [0.5, 0.6) is 0 Å². The van der Waals surface area contributed by atoms with Gasteiger partial charge in [0, 0.05) is 19.6 Å². The van der Waals surface area contributed by atoms with Crippen molar-refractivity contribution in [2.45, 2.75) is 39.5 Å². The van der Waals surface area contributed by atoms with Crippen LogP contribution in [0.1, 0.15) is 25.1 Å². The molecule has 0 spiro atoms. The Hall–Kier alpha value is -1.20. The SMILES string of the molecule is Cc1cc(CN)nnc1N1CC(C)OC(C)C1. The van der Waals surface area contributed by atoms with E-state index in [9.17, 15) is 0 Å². The molecule has 2 atom stereocenters. The van der Waals surface area contributed by atoms with E-state index in [1.54, 1.807) is 0 Å². The van der Waals surface area contributed by atoms with Crippen molar-refractivity contribution in [1.29, 1.82) is 0 Å². The zero-order valence-electron chi connectivity index (χ0n) is 10.7. The minimum Gasteiger partial charge on any atom is -0.372 e. The molecule has 2 N–H and O–H groups in total. The summed E-state index contributed by atoms with van der Waals surface area (Å²) in [6, 6.07) is 2.01. The number of hydrogen-bond acceptors (Lipinski definition) is 5. The van der Waals surface area contributed by atoms with Crippen molar-refractivity contribution in [2.75, 3.05) is 18.0 Å². The van der Waals surface area contributed by atoms with Crippen molar-refractivity contribution in [1.82, 2.24) is 10.2 Å². The summed E-state index contributed by atoms with van der Waals surface area (Å²) in [7, 11) is 0. The lowest BCUT2D eigenvalue weighted by Crippen LogP contribution is -2.46. The summed E-state index contributed by atoms with van der Waals surface area (Å²) in [5.74, 6) is 0.948. The highest BCUT2D eigenvalue weighted by atomic mass is 16.5. The van der Waals surface area contributed by atoms with E-state index in [0.717, 1.165) is 30.2 Å². The van der Waals surface area contributed by atoms with Gasteiger partial charge in [-0.15, -0.1) is 5.10 Å². The summed E-state index contributed by atoms with van der Waals surface area (Å²) in [6.07, 6.45) is 0.461. The van der Waals surface area contributed by atoms with Crippen LogP contribution in [-0.2, 0) is 11.3 Å². The van der Waals surface area contributed by atoms with Gasteiger partial charge in [0.1, 0.15) is 0 Å². The number of ether oxygens (including phenoxy) is 1. The number of hydrogen-bond donors (Lipinski definition) is 1. The Morgan fingerprint density at radius 2 is 2.00 bits per heavy atom. The molecule has 0 radical (unpaired) electrons. The lowest BCUT2D eigenvalue weighted by Gasteiger charge is -2.36. The molecular formula is C12H20N4O. The van der Waals surface area contributed by atoms with Crippen LogP contribution in [0.3, 0.4) is 0 Å². The second kappa shape index (κ2) is 4.98. The zero-order chi connectivity index (χ0) is 12.4. The summed E-state index contributed by atoms with van der Waals surface area (Å²) in [6.45, 7) is 8.38. The second-order valence-electron chi connectivity index (χ2n) is 4.71. The molecule has 94 valence electrons. The average molecular weight is 236 g/mol. The molecule has 0 amide bonds. The molecule has 1 aliphatic heterocycles. The standard InChI is InChI=1S/C12H20N4O/c1-8-4-11(5-13)14-15-12(8)16-6-9(2)17-10(3)7-16/h4,9-10H,5-7,13H2,1-3H3. The van der Waals surface area contributed by atoms with E-state index < -0.39 is 0 Å². The van der Waals surface area contributed by atoms with E-state index in [4.69, 9.17) is 10.5 Å². The first kappa shape index (κ1) is 12.3. The maximum atomic E-state index is 5.71. The highest BCUT2D eigenvalue weighted by molar-refractivity contribution is 5.46. The monoisotopic (exact) mass is 236 g/mol. The number of morpholine rings is 1. The number of anilines is 1. The fraction of sp³-hybridized carbons (Fsp3) is 0.667. The number of aromatic nitrogens is 2. The number of aryl methyl sites for hydroxylation is 1. The van der Waals surface area contributed by atoms with Crippen LogP contribution in [0.2, 0.25) is 0 Å². The van der Waals surface area contributed by atoms with Gasteiger partial charge in [0.2, 0.25) is 0 Å². The summed E-state index contributed by atoms with van der Waals surface area (Å²) in [4.78, 5) is 2.24. The van der Waals surface area contributed by atoms with Crippen LogP contribution in [0.15, 0.2) is 6.07 Å². The van der Waals surface area contributed by atoms with Crippen molar-refractivity contribution in [3.05, 3.63) is 17.3 Å². The summed E-state index contributed by atoms with van der Waals surface area (Å²) in [5.41, 5.74) is 7.52. The average Bonchev–Trinajstić information content (AvgIpc) is 2.27. The maximum Gasteiger partial charge on any atom is 0.154 e. The Morgan fingerprint density at radius 3 is 2.53 bits per heavy atom. The molecule has 2 heterocycles. The molecule has 5 heteroatoms. The lowest BCUT2D eigenvalue weighted by molar-refractivity contribution is -0.00553. The van der Waals surface area contributed by atoms with Gasteiger partial charge < -0.3 is 15.4 Å². The summed E-state index contributed by atoms with van der Waals surface area (Å²) < 4.78 is 5.71. The molecule has 0 saturated carbocycles.